The number of nitrogens with zero attached hydrogens (tertiary/aromatic N) is 3. The summed E-state index contributed by atoms with van der Waals surface area (Å²) < 4.78 is 3.22. The topological polar surface area (TPSA) is 85.2 Å². The smallest absolute Gasteiger partial charge is 0.337 e. The Hall–Kier alpha value is -2.70. The minimum atomic E-state index is -0.637. The zero-order chi connectivity index (χ0) is 15.7. The first-order chi connectivity index (χ1) is 9.88. The fourth-order valence-corrected chi connectivity index (χ4v) is 2.03. The molecule has 0 saturated carbocycles. The molecule has 0 bridgehead atoms. The molecule has 110 valence electrons. The van der Waals surface area contributed by atoms with Gasteiger partial charge in [0.15, 0.2) is 18.2 Å². The van der Waals surface area contributed by atoms with E-state index >= 15 is 0 Å². The van der Waals surface area contributed by atoms with E-state index < -0.39 is 17.1 Å². The Bertz CT molecular complexity index is 833. The number of hydrogen-bond donors (Lipinski definition) is 1. The van der Waals surface area contributed by atoms with Gasteiger partial charge in [0.1, 0.15) is 0 Å². The molecule has 21 heavy (non-hydrogen) atoms. The lowest BCUT2D eigenvalue weighted by Crippen LogP contribution is -2.46. The second-order valence-electron chi connectivity index (χ2n) is 4.65. The molecule has 7 heteroatoms. The summed E-state index contributed by atoms with van der Waals surface area (Å²) in [4.78, 5) is 35.7. The molecule has 0 spiro atoms. The minimum absolute atomic E-state index is 0.0783. The summed E-state index contributed by atoms with van der Waals surface area (Å²) in [6.07, 6.45) is 3.33. The molecule has 2 heterocycles. The van der Waals surface area contributed by atoms with Crippen molar-refractivity contribution < 1.29 is 14.5 Å². The van der Waals surface area contributed by atoms with Gasteiger partial charge in [0.25, 0.3) is 5.88 Å². The summed E-state index contributed by atoms with van der Waals surface area (Å²) in [7, 11) is 2.69. The zero-order valence-electron chi connectivity index (χ0n) is 12.0. The van der Waals surface area contributed by atoms with Crippen LogP contribution < -0.4 is 15.8 Å². The molecular formula is C14H16N3O4+. The van der Waals surface area contributed by atoms with Crippen molar-refractivity contribution in [2.45, 2.75) is 13.3 Å². The Kier molecular flexibility index (Phi) is 3.75. The van der Waals surface area contributed by atoms with E-state index in [1.807, 2.05) is 0 Å². The van der Waals surface area contributed by atoms with Crippen LogP contribution in [0.4, 0.5) is 0 Å². The summed E-state index contributed by atoms with van der Waals surface area (Å²) in [6, 6.07) is 3.23. The van der Waals surface area contributed by atoms with Gasteiger partial charge < -0.3 is 5.11 Å². The monoisotopic (exact) mass is 290 g/mol. The van der Waals surface area contributed by atoms with E-state index in [2.05, 4.69) is 0 Å². The van der Waals surface area contributed by atoms with Crippen molar-refractivity contribution in [3.05, 3.63) is 50.9 Å². The summed E-state index contributed by atoms with van der Waals surface area (Å²) in [5.41, 5.74) is -0.912. The van der Waals surface area contributed by atoms with Crippen LogP contribution in [0.2, 0.25) is 0 Å². The largest absolute Gasteiger partial charge is 0.489 e. The van der Waals surface area contributed by atoms with E-state index in [-0.39, 0.29) is 11.5 Å². The first-order valence-corrected chi connectivity index (χ1v) is 6.42. The molecule has 0 aromatic carbocycles. The average molecular weight is 290 g/mol. The number of hydrogen-bond acceptors (Lipinski definition) is 4. The van der Waals surface area contributed by atoms with E-state index in [0.29, 0.717) is 12.0 Å². The molecule has 7 nitrogen and oxygen atoms in total. The maximum Gasteiger partial charge on any atom is 0.337 e. The van der Waals surface area contributed by atoms with Gasteiger partial charge in [-0.15, -0.1) is 0 Å². The normalized spacial score (nSPS) is 10.6. The number of carbonyl (C=O) groups excluding carboxylic acids is 1. The van der Waals surface area contributed by atoms with Gasteiger partial charge in [0.2, 0.25) is 0 Å². The molecule has 0 aliphatic heterocycles. The van der Waals surface area contributed by atoms with E-state index in [9.17, 15) is 19.5 Å². The van der Waals surface area contributed by atoms with Gasteiger partial charge in [0, 0.05) is 26.6 Å². The molecule has 0 saturated heterocycles. The highest BCUT2D eigenvalue weighted by atomic mass is 16.3. The average Bonchev–Trinajstić information content (AvgIpc) is 2.50. The van der Waals surface area contributed by atoms with Gasteiger partial charge in [0.05, 0.1) is 5.56 Å². The Labute approximate surface area is 120 Å². The molecule has 0 fully saturated rings. The first-order valence-electron chi connectivity index (χ1n) is 6.42. The third-order valence-corrected chi connectivity index (χ3v) is 3.31. The van der Waals surface area contributed by atoms with Crippen LogP contribution in [0.1, 0.15) is 23.7 Å². The second-order valence-corrected chi connectivity index (χ2v) is 4.65. The van der Waals surface area contributed by atoms with Crippen molar-refractivity contribution in [3.8, 4) is 11.6 Å². The second kappa shape index (κ2) is 5.35. The van der Waals surface area contributed by atoms with Crippen molar-refractivity contribution >= 4 is 5.78 Å². The number of aromatic hydroxyl groups is 1. The first kappa shape index (κ1) is 14.7. The van der Waals surface area contributed by atoms with Crippen molar-refractivity contribution in [1.29, 1.82) is 0 Å². The molecule has 0 radical (unpaired) electrons. The molecule has 0 atom stereocenters. The van der Waals surface area contributed by atoms with Crippen LogP contribution in [0.3, 0.4) is 0 Å². The zero-order valence-corrected chi connectivity index (χ0v) is 12.0. The van der Waals surface area contributed by atoms with Gasteiger partial charge in [-0.25, -0.2) is 4.79 Å². The molecule has 2 rings (SSSR count). The van der Waals surface area contributed by atoms with Crippen molar-refractivity contribution in [2.24, 2.45) is 14.1 Å². The summed E-state index contributed by atoms with van der Waals surface area (Å²) in [5, 5.41) is 10.1. The SMILES string of the molecule is CCC(=O)c1ccc[n+](-c2c(O)n(C)c(=O)n(C)c2=O)c1. The Balaban J connectivity index is 2.77. The van der Waals surface area contributed by atoms with Crippen LogP contribution in [0.25, 0.3) is 5.69 Å². The van der Waals surface area contributed by atoms with Crippen LogP contribution in [0.5, 0.6) is 5.88 Å². The molecule has 2 aromatic rings. The number of pyridine rings is 1. The number of aromatic nitrogens is 3. The van der Waals surface area contributed by atoms with E-state index in [0.717, 1.165) is 9.13 Å². The predicted molar refractivity (Wildman–Crippen MR) is 74.7 cm³/mol. The lowest BCUT2D eigenvalue weighted by Gasteiger charge is -2.06. The van der Waals surface area contributed by atoms with Crippen LogP contribution in [-0.4, -0.2) is 20.0 Å². The van der Waals surface area contributed by atoms with Gasteiger partial charge in [-0.3, -0.25) is 18.7 Å². The molecule has 0 aliphatic rings. The highest BCUT2D eigenvalue weighted by molar-refractivity contribution is 5.95. The van der Waals surface area contributed by atoms with Crippen LogP contribution >= 0.6 is 0 Å². The van der Waals surface area contributed by atoms with Crippen LogP contribution in [0.15, 0.2) is 34.1 Å². The maximum atomic E-state index is 12.2. The quantitative estimate of drug-likeness (QED) is 0.619. The maximum absolute atomic E-state index is 12.2. The summed E-state index contributed by atoms with van der Waals surface area (Å²) in [5.74, 6) is -0.528. The van der Waals surface area contributed by atoms with Gasteiger partial charge in [-0.2, -0.15) is 4.57 Å². The molecule has 1 N–H and O–H groups in total. The minimum Gasteiger partial charge on any atom is -0.489 e. The number of ketones is 1. The number of carbonyl (C=O) groups is 1. The van der Waals surface area contributed by atoms with Gasteiger partial charge in [-0.1, -0.05) is 6.92 Å². The predicted octanol–water partition coefficient (Wildman–Crippen LogP) is -0.341. The fraction of sp³-hybridized carbons (Fsp3) is 0.286. The van der Waals surface area contributed by atoms with Crippen molar-refractivity contribution in [2.75, 3.05) is 0 Å². The third-order valence-electron chi connectivity index (χ3n) is 3.31. The van der Waals surface area contributed by atoms with E-state index in [4.69, 9.17) is 0 Å². The van der Waals surface area contributed by atoms with Gasteiger partial charge in [-0.05, 0) is 6.07 Å². The molecule has 0 unspecified atom stereocenters. The van der Waals surface area contributed by atoms with Crippen molar-refractivity contribution in [1.82, 2.24) is 9.13 Å². The highest BCUT2D eigenvalue weighted by Gasteiger charge is 2.24. The van der Waals surface area contributed by atoms with Crippen molar-refractivity contribution in [3.63, 3.8) is 0 Å². The van der Waals surface area contributed by atoms with E-state index in [1.165, 1.54) is 31.1 Å². The molecule has 0 amide bonds. The Morgan fingerprint density at radius 2 is 1.95 bits per heavy atom. The lowest BCUT2D eigenvalue weighted by molar-refractivity contribution is -0.598. The molecule has 0 aliphatic carbocycles. The standard InChI is InChI=1S/C14H15N3O4/c1-4-10(18)9-6-5-7-17(8-9)11-12(19)15(2)14(21)16(3)13(11)20/h5-8H,4H2,1-3H3/p+1. The Morgan fingerprint density at radius 1 is 1.29 bits per heavy atom. The summed E-state index contributed by atoms with van der Waals surface area (Å²) >= 11 is 0. The van der Waals surface area contributed by atoms with Gasteiger partial charge >= 0.3 is 16.9 Å². The number of rotatable bonds is 3. The fourth-order valence-electron chi connectivity index (χ4n) is 2.03. The van der Waals surface area contributed by atoms with Crippen LogP contribution in [0, 0.1) is 0 Å². The number of Topliss-reactive ketones (excluding diaryl/α,β-unsaturated/α-hetero) is 1. The Morgan fingerprint density at radius 3 is 2.57 bits per heavy atom. The van der Waals surface area contributed by atoms with E-state index in [1.54, 1.807) is 19.1 Å². The molecule has 2 aromatic heterocycles. The summed E-state index contributed by atoms with van der Waals surface area (Å²) in [6.45, 7) is 1.74. The third kappa shape index (κ3) is 2.37. The molecular weight excluding hydrogens is 274 g/mol. The lowest BCUT2D eigenvalue weighted by atomic mass is 10.1. The van der Waals surface area contributed by atoms with Crippen LogP contribution in [-0.2, 0) is 14.1 Å². The highest BCUT2D eigenvalue weighted by Crippen LogP contribution is 2.09.